The lowest BCUT2D eigenvalue weighted by Crippen LogP contribution is -2.25. The van der Waals surface area contributed by atoms with Crippen LogP contribution in [-0.4, -0.2) is 9.97 Å². The molecule has 0 saturated heterocycles. The highest BCUT2D eigenvalue weighted by molar-refractivity contribution is 6.00. The molecule has 0 fully saturated rings. The Labute approximate surface area is 384 Å². The molecule has 1 aromatic heterocycles. The zero-order valence-corrected chi connectivity index (χ0v) is 36.7. The summed E-state index contributed by atoms with van der Waals surface area (Å²) in [6, 6.07) is 80.7. The normalized spacial score (nSPS) is 14.2. The van der Waals surface area contributed by atoms with Crippen LogP contribution in [-0.2, 0) is 10.8 Å². The molecule has 2 nitrogen and oxygen atoms in total. The summed E-state index contributed by atoms with van der Waals surface area (Å²) in [5, 5.41) is 4.88. The topological polar surface area (TPSA) is 25.8 Å². The Morgan fingerprint density at radius 2 is 0.788 bits per heavy atom. The van der Waals surface area contributed by atoms with Crippen LogP contribution in [0.1, 0.15) is 47.2 Å². The van der Waals surface area contributed by atoms with Crippen molar-refractivity contribution in [2.24, 2.45) is 0 Å². The van der Waals surface area contributed by atoms with Crippen molar-refractivity contribution in [2.75, 3.05) is 0 Å². The summed E-state index contributed by atoms with van der Waals surface area (Å²) >= 11 is 0. The van der Waals surface area contributed by atoms with Crippen molar-refractivity contribution < 1.29 is 0 Å². The third-order valence-electron chi connectivity index (χ3n) is 15.1. The lowest BCUT2D eigenvalue weighted by molar-refractivity contribution is 0.661. The molecule has 11 aromatic rings. The standard InChI is InChI=1S/C64H42N2/c1-63(2)57-26-14-22-50(61(57)52-36-40-17-6-7-18-41(40)37-58(52)63)60-38-59(65-62(66-60)39-15-4-3-5-16-39)46-30-29-42-33-43(27-28-44(42)34-46)45-31-32-56-51(35-45)49-21-10-13-25-55(49)64(56)53-23-11-8-19-47(53)48-20-9-12-24-54(48)64/h3-38H,1-2H3. The summed E-state index contributed by atoms with van der Waals surface area (Å²) in [5.41, 5.74) is 22.9. The molecule has 0 N–H and O–H groups in total. The Hall–Kier alpha value is -8.20. The van der Waals surface area contributed by atoms with Gasteiger partial charge in [0.05, 0.1) is 16.8 Å². The van der Waals surface area contributed by atoms with Gasteiger partial charge in [0.1, 0.15) is 0 Å². The molecular formula is C64H42N2. The lowest BCUT2D eigenvalue weighted by Gasteiger charge is -2.30. The first kappa shape index (κ1) is 37.2. The lowest BCUT2D eigenvalue weighted by atomic mass is 9.70. The minimum absolute atomic E-state index is 0.152. The fourth-order valence-corrected chi connectivity index (χ4v) is 12.0. The second kappa shape index (κ2) is 13.7. The quantitative estimate of drug-likeness (QED) is 0.176. The summed E-state index contributed by atoms with van der Waals surface area (Å²) in [6.45, 7) is 4.70. The average molecular weight is 839 g/mol. The molecule has 0 atom stereocenters. The fraction of sp³-hybridized carbons (Fsp3) is 0.0625. The van der Waals surface area contributed by atoms with Crippen LogP contribution in [0.4, 0.5) is 0 Å². The van der Waals surface area contributed by atoms with Gasteiger partial charge in [0.2, 0.25) is 0 Å². The molecule has 0 aliphatic heterocycles. The predicted molar refractivity (Wildman–Crippen MR) is 273 cm³/mol. The highest BCUT2D eigenvalue weighted by Crippen LogP contribution is 2.63. The van der Waals surface area contributed by atoms with Gasteiger partial charge < -0.3 is 0 Å². The summed E-state index contributed by atoms with van der Waals surface area (Å²) in [5.74, 6) is 0.719. The van der Waals surface area contributed by atoms with Crippen molar-refractivity contribution in [1.82, 2.24) is 9.97 Å². The number of fused-ring (bicyclic) bond motifs is 15. The first-order chi connectivity index (χ1) is 32.4. The second-order valence-corrected chi connectivity index (χ2v) is 18.8. The minimum atomic E-state index is -0.338. The fourth-order valence-electron chi connectivity index (χ4n) is 12.0. The monoisotopic (exact) mass is 838 g/mol. The van der Waals surface area contributed by atoms with Crippen molar-refractivity contribution in [3.63, 3.8) is 0 Å². The maximum Gasteiger partial charge on any atom is 0.160 e. The number of aromatic nitrogens is 2. The van der Waals surface area contributed by atoms with Gasteiger partial charge in [-0.3, -0.25) is 0 Å². The Balaban J connectivity index is 0.879. The van der Waals surface area contributed by atoms with Crippen LogP contribution in [0.3, 0.4) is 0 Å². The van der Waals surface area contributed by atoms with E-state index in [2.05, 4.69) is 226 Å². The number of nitrogens with zero attached hydrogens (tertiary/aromatic N) is 2. The van der Waals surface area contributed by atoms with Crippen LogP contribution in [0.25, 0.3) is 100.0 Å². The molecule has 308 valence electrons. The van der Waals surface area contributed by atoms with Crippen LogP contribution in [0.2, 0.25) is 0 Å². The van der Waals surface area contributed by atoms with Crippen LogP contribution >= 0.6 is 0 Å². The van der Waals surface area contributed by atoms with E-state index in [1.54, 1.807) is 0 Å². The average Bonchev–Trinajstić information content (AvgIpc) is 3.93. The van der Waals surface area contributed by atoms with Crippen LogP contribution in [0, 0.1) is 0 Å². The summed E-state index contributed by atoms with van der Waals surface area (Å²) in [6.07, 6.45) is 0. The molecule has 66 heavy (non-hydrogen) atoms. The molecule has 3 aliphatic rings. The molecule has 0 saturated carbocycles. The van der Waals surface area contributed by atoms with Crippen LogP contribution in [0.15, 0.2) is 218 Å². The van der Waals surface area contributed by atoms with E-state index in [4.69, 9.17) is 9.97 Å². The summed E-state index contributed by atoms with van der Waals surface area (Å²) < 4.78 is 0. The molecule has 0 unspecified atom stereocenters. The van der Waals surface area contributed by atoms with Crippen molar-refractivity contribution in [3.8, 4) is 78.4 Å². The first-order valence-corrected chi connectivity index (χ1v) is 23.1. The van der Waals surface area contributed by atoms with E-state index in [9.17, 15) is 0 Å². The van der Waals surface area contributed by atoms with E-state index < -0.39 is 0 Å². The zero-order valence-electron chi connectivity index (χ0n) is 36.7. The molecular weight excluding hydrogens is 797 g/mol. The van der Waals surface area contributed by atoms with Gasteiger partial charge in [0.15, 0.2) is 5.82 Å². The molecule has 1 spiro atoms. The van der Waals surface area contributed by atoms with Gasteiger partial charge in [-0.2, -0.15) is 0 Å². The minimum Gasteiger partial charge on any atom is -0.228 e. The van der Waals surface area contributed by atoms with Crippen LogP contribution < -0.4 is 0 Å². The highest BCUT2D eigenvalue weighted by Gasteiger charge is 2.51. The smallest absolute Gasteiger partial charge is 0.160 e. The number of rotatable bonds is 4. The Bertz CT molecular complexity index is 3810. The molecule has 3 aliphatic carbocycles. The summed E-state index contributed by atoms with van der Waals surface area (Å²) in [4.78, 5) is 10.6. The highest BCUT2D eigenvalue weighted by atomic mass is 14.9. The second-order valence-electron chi connectivity index (χ2n) is 18.8. The molecule has 0 bridgehead atoms. The molecule has 1 heterocycles. The molecule has 14 rings (SSSR count). The van der Waals surface area contributed by atoms with E-state index in [1.165, 1.54) is 99.4 Å². The third kappa shape index (κ3) is 5.13. The van der Waals surface area contributed by atoms with E-state index >= 15 is 0 Å². The van der Waals surface area contributed by atoms with Gasteiger partial charge in [-0.15, -0.1) is 0 Å². The molecule has 2 heteroatoms. The van der Waals surface area contributed by atoms with Gasteiger partial charge in [-0.1, -0.05) is 196 Å². The SMILES string of the molecule is CC1(C)c2cc3ccccc3cc2-c2c(-c3cc(-c4ccc5cc(-c6ccc7c(c6)-c6ccccc6C76c7ccccc7-c7ccccc76)ccc5c4)nc(-c4ccccc4)n3)cccc21. The van der Waals surface area contributed by atoms with E-state index in [1.807, 2.05) is 6.07 Å². The van der Waals surface area contributed by atoms with Gasteiger partial charge in [-0.05, 0) is 136 Å². The largest absolute Gasteiger partial charge is 0.228 e. The van der Waals surface area contributed by atoms with Gasteiger partial charge in [0, 0.05) is 22.1 Å². The summed E-state index contributed by atoms with van der Waals surface area (Å²) in [7, 11) is 0. The van der Waals surface area contributed by atoms with E-state index in [-0.39, 0.29) is 10.8 Å². The zero-order chi connectivity index (χ0) is 43.7. The Morgan fingerprint density at radius 3 is 1.50 bits per heavy atom. The van der Waals surface area contributed by atoms with Crippen molar-refractivity contribution in [2.45, 2.75) is 24.7 Å². The maximum atomic E-state index is 5.34. The van der Waals surface area contributed by atoms with Gasteiger partial charge >= 0.3 is 0 Å². The van der Waals surface area contributed by atoms with Gasteiger partial charge in [-0.25, -0.2) is 9.97 Å². The molecule has 0 amide bonds. The Kier molecular flexibility index (Phi) is 7.70. The number of hydrogen-bond donors (Lipinski definition) is 0. The Morgan fingerprint density at radius 1 is 0.288 bits per heavy atom. The third-order valence-corrected chi connectivity index (χ3v) is 15.1. The molecule has 10 aromatic carbocycles. The van der Waals surface area contributed by atoms with Crippen molar-refractivity contribution >= 4 is 21.5 Å². The van der Waals surface area contributed by atoms with Gasteiger partial charge in [0.25, 0.3) is 0 Å². The first-order valence-electron chi connectivity index (χ1n) is 23.1. The van der Waals surface area contributed by atoms with Crippen LogP contribution in [0.5, 0.6) is 0 Å². The number of hydrogen-bond acceptors (Lipinski definition) is 2. The van der Waals surface area contributed by atoms with E-state index in [0.717, 1.165) is 33.9 Å². The predicted octanol–water partition coefficient (Wildman–Crippen LogP) is 16.1. The molecule has 0 radical (unpaired) electrons. The van der Waals surface area contributed by atoms with E-state index in [0.29, 0.717) is 0 Å². The van der Waals surface area contributed by atoms with Crippen molar-refractivity contribution in [1.29, 1.82) is 0 Å². The maximum absolute atomic E-state index is 5.34. The number of benzene rings is 10. The van der Waals surface area contributed by atoms with Crippen molar-refractivity contribution in [3.05, 3.63) is 252 Å².